The van der Waals surface area contributed by atoms with Crippen LogP contribution in [0.2, 0.25) is 13.1 Å². The molecular weight excluding hydrogens is 524 g/mol. The Kier molecular flexibility index (Phi) is 9.10. The van der Waals surface area contributed by atoms with Crippen molar-refractivity contribution >= 4 is 73.5 Å². The van der Waals surface area contributed by atoms with Crippen LogP contribution in [0.1, 0.15) is 13.8 Å². The van der Waals surface area contributed by atoms with Crippen molar-refractivity contribution in [2.24, 2.45) is 0 Å². The van der Waals surface area contributed by atoms with Gasteiger partial charge in [0.25, 0.3) is 11.9 Å². The van der Waals surface area contributed by atoms with E-state index in [4.69, 9.17) is 19.8 Å². The predicted octanol–water partition coefficient (Wildman–Crippen LogP) is 6.74. The first-order valence-electron chi connectivity index (χ1n) is 12.2. The summed E-state index contributed by atoms with van der Waals surface area (Å²) < 4.78 is 0. The van der Waals surface area contributed by atoms with Crippen molar-refractivity contribution in [3.05, 3.63) is 97.1 Å². The number of carbonyl (C=O) groups is 2. The van der Waals surface area contributed by atoms with Crippen molar-refractivity contribution in [3.63, 3.8) is 0 Å². The molecule has 0 saturated carbocycles. The van der Waals surface area contributed by atoms with E-state index in [-0.39, 0.29) is 21.7 Å². The van der Waals surface area contributed by atoms with Gasteiger partial charge in [0.05, 0.1) is 0 Å². The van der Waals surface area contributed by atoms with Crippen LogP contribution < -0.4 is 10.4 Å². The maximum atomic E-state index is 9.00. The van der Waals surface area contributed by atoms with Gasteiger partial charge in [-0.3, -0.25) is 9.59 Å². The summed E-state index contributed by atoms with van der Waals surface area (Å²) in [4.78, 5) is 18.0. The summed E-state index contributed by atoms with van der Waals surface area (Å²) in [5.74, 6) is -1.67. The predicted molar refractivity (Wildman–Crippen MR) is 157 cm³/mol. The van der Waals surface area contributed by atoms with Gasteiger partial charge in [-0.05, 0) is 0 Å². The van der Waals surface area contributed by atoms with Crippen LogP contribution >= 0.6 is 0 Å². The smallest absolute Gasteiger partial charge is 0.481 e. The van der Waals surface area contributed by atoms with Gasteiger partial charge < -0.3 is 10.2 Å². The average Bonchev–Trinajstić information content (AvgIpc) is 3.41. The van der Waals surface area contributed by atoms with Crippen LogP contribution in [0.5, 0.6) is 0 Å². The minimum Gasteiger partial charge on any atom is -0.481 e. The van der Waals surface area contributed by atoms with Gasteiger partial charge in [-0.15, -0.1) is 77.7 Å². The van der Waals surface area contributed by atoms with E-state index in [0.29, 0.717) is 0 Å². The molecule has 38 heavy (non-hydrogen) atoms. The molecule has 0 aliphatic rings. The molecule has 6 aromatic rings. The third-order valence-corrected chi connectivity index (χ3v) is 10.2. The molecule has 0 aliphatic carbocycles. The minimum atomic E-state index is -1.91. The Bertz CT molecular complexity index is 1610. The number of carboxylic acids is 2. The largest absolute Gasteiger partial charge is 2.00 e. The van der Waals surface area contributed by atoms with E-state index in [9.17, 15) is 0 Å². The van der Waals surface area contributed by atoms with Gasteiger partial charge in [0.1, 0.15) is 0 Å². The van der Waals surface area contributed by atoms with E-state index in [1.54, 1.807) is 0 Å². The first-order chi connectivity index (χ1) is 17.6. The van der Waals surface area contributed by atoms with Gasteiger partial charge in [0.2, 0.25) is 0 Å². The Hall–Kier alpha value is -3.51. The molecule has 6 rings (SSSR count). The van der Waals surface area contributed by atoms with Crippen LogP contribution in [0.4, 0.5) is 0 Å². The second kappa shape index (κ2) is 11.9. The number of rotatable bonds is 2. The van der Waals surface area contributed by atoms with Gasteiger partial charge in [-0.1, -0.05) is 85.9 Å². The molecule has 6 aromatic carbocycles. The van der Waals surface area contributed by atoms with E-state index < -0.39 is 20.0 Å². The third kappa shape index (κ3) is 5.81. The summed E-state index contributed by atoms with van der Waals surface area (Å²) in [5, 5.41) is 29.0. The Morgan fingerprint density at radius 3 is 1.26 bits per heavy atom. The zero-order chi connectivity index (χ0) is 26.7. The van der Waals surface area contributed by atoms with E-state index in [1.807, 2.05) is 0 Å². The number of benzene rings is 4. The molecule has 0 spiro atoms. The summed E-state index contributed by atoms with van der Waals surface area (Å²) in [6.45, 7) is 7.18. The monoisotopic (exact) mass is 554 g/mol. The fraction of sp³-hybridized carbons (Fsp3) is 0.125. The maximum Gasteiger partial charge on any atom is 2.00 e. The number of hydrogen-bond acceptors (Lipinski definition) is 2. The molecule has 0 bridgehead atoms. The fourth-order valence-corrected chi connectivity index (χ4v) is 8.27. The molecule has 0 amide bonds. The van der Waals surface area contributed by atoms with Crippen molar-refractivity contribution in [2.75, 3.05) is 0 Å². The van der Waals surface area contributed by atoms with Crippen LogP contribution in [0, 0.1) is 0 Å². The van der Waals surface area contributed by atoms with Crippen LogP contribution in [0.15, 0.2) is 97.1 Å². The molecule has 0 aromatic heterocycles. The average molecular weight is 555 g/mol. The van der Waals surface area contributed by atoms with Gasteiger partial charge >= 0.3 is 21.7 Å². The summed E-state index contributed by atoms with van der Waals surface area (Å²) in [6, 6.07) is 36.1. The quantitative estimate of drug-likeness (QED) is 0.184. The molecule has 6 heteroatoms. The fourth-order valence-electron chi connectivity index (χ4n) is 5.19. The summed E-state index contributed by atoms with van der Waals surface area (Å²) >= 11 is 0. The van der Waals surface area contributed by atoms with E-state index in [2.05, 4.69) is 110 Å². The van der Waals surface area contributed by atoms with Crippen LogP contribution in [0.3, 0.4) is 0 Å². The zero-order valence-corrected chi connectivity index (χ0v) is 24.5. The van der Waals surface area contributed by atoms with Crippen LogP contribution in [-0.2, 0) is 31.3 Å². The zero-order valence-electron chi connectivity index (χ0n) is 21.9. The van der Waals surface area contributed by atoms with Gasteiger partial charge in [-0.2, -0.15) is 0 Å². The summed E-state index contributed by atoms with van der Waals surface area (Å²) in [7, 11) is -1.91. The van der Waals surface area contributed by atoms with Gasteiger partial charge in [0, 0.05) is 21.9 Å². The normalized spacial score (nSPS) is 10.8. The number of fused-ring (bicyclic) bond motifs is 6. The second-order valence-electron chi connectivity index (χ2n) is 9.66. The van der Waals surface area contributed by atoms with Gasteiger partial charge in [0.15, 0.2) is 0 Å². The molecule has 0 atom stereocenters. The molecule has 0 heterocycles. The van der Waals surface area contributed by atoms with Crippen molar-refractivity contribution in [1.82, 2.24) is 0 Å². The Morgan fingerprint density at radius 2 is 0.895 bits per heavy atom. The Labute approximate surface area is 238 Å². The maximum absolute atomic E-state index is 9.00. The molecule has 0 aliphatic heterocycles. The molecule has 190 valence electrons. The molecule has 2 N–H and O–H groups in total. The van der Waals surface area contributed by atoms with E-state index in [1.165, 1.54) is 53.5 Å². The number of aliphatic carboxylic acids is 2. The van der Waals surface area contributed by atoms with Crippen LogP contribution in [-0.4, -0.2) is 30.2 Å². The SMILES string of the molecule is CC(=O)O.CC(=O)O.C[Si](C)(c1cccc2c1[cH-]c1ccccc12)c1cccc2c1[cH-]c1ccccc12.[Ti+2]. The minimum absolute atomic E-state index is 0. The topological polar surface area (TPSA) is 74.6 Å². The molecule has 0 unspecified atom stereocenters. The molecule has 0 radical (unpaired) electrons. The first-order valence-corrected chi connectivity index (χ1v) is 15.2. The standard InChI is InChI=1S/C28H22Si.2C2H4O2.Ti/c1-29(2,27-15-7-13-23-21-11-5-3-9-19(21)17-25(23)27)28-16-8-14-24-22-12-6-4-10-20(22)18-26(24)28;2*1-2(3)4;/h3-18H,1-2H3;2*1H3,(H,3,4);/q-2;;;+2. The van der Waals surface area contributed by atoms with Crippen molar-refractivity contribution in [3.8, 4) is 0 Å². The molecule has 0 fully saturated rings. The molecule has 0 saturated heterocycles. The molecule has 4 nitrogen and oxygen atoms in total. The summed E-state index contributed by atoms with van der Waals surface area (Å²) in [6.07, 6.45) is 0. The second-order valence-corrected chi connectivity index (χ2v) is 14.0. The molecular formula is C32H30O4SiTi. The van der Waals surface area contributed by atoms with Crippen molar-refractivity contribution < 1.29 is 41.5 Å². The summed E-state index contributed by atoms with van der Waals surface area (Å²) in [5.41, 5.74) is 0. The van der Waals surface area contributed by atoms with Crippen LogP contribution in [0.25, 0.3) is 43.1 Å². The van der Waals surface area contributed by atoms with Crippen molar-refractivity contribution in [1.29, 1.82) is 0 Å². The van der Waals surface area contributed by atoms with E-state index >= 15 is 0 Å². The Balaban J connectivity index is 0.000000395. The third-order valence-electron chi connectivity index (χ3n) is 6.66. The Morgan fingerprint density at radius 1 is 0.579 bits per heavy atom. The first kappa shape index (κ1) is 29.1. The number of carboxylic acid groups (broad SMARTS) is 2. The van der Waals surface area contributed by atoms with E-state index in [0.717, 1.165) is 13.8 Å². The van der Waals surface area contributed by atoms with Crippen molar-refractivity contribution in [2.45, 2.75) is 26.9 Å². The van der Waals surface area contributed by atoms with Gasteiger partial charge in [-0.25, -0.2) is 0 Å². The number of hydrogen-bond donors (Lipinski definition) is 2.